The molecule has 0 fully saturated rings. The molecule has 22 heavy (non-hydrogen) atoms. The van der Waals surface area contributed by atoms with E-state index in [0.29, 0.717) is 5.69 Å². The molecule has 0 heterocycles. The molecule has 2 aromatic carbocycles. The van der Waals surface area contributed by atoms with Crippen molar-refractivity contribution in [3.8, 4) is 0 Å². The van der Waals surface area contributed by atoms with E-state index in [9.17, 15) is 14.0 Å². The first kappa shape index (κ1) is 15.9. The SMILES string of the molecule is NC(=O)c1cc(NC(=O)/C=C/c2cccc(Br)c2)ccc1F. The number of primary amides is 1. The molecule has 6 heteroatoms. The molecule has 2 rings (SSSR count). The Morgan fingerprint density at radius 2 is 1.95 bits per heavy atom. The number of nitrogens with one attached hydrogen (secondary N) is 1. The molecule has 0 bridgehead atoms. The van der Waals surface area contributed by atoms with Gasteiger partial charge in [0, 0.05) is 16.2 Å². The minimum atomic E-state index is -0.890. The summed E-state index contributed by atoms with van der Waals surface area (Å²) in [6, 6.07) is 11.1. The summed E-state index contributed by atoms with van der Waals surface area (Å²) in [6.07, 6.45) is 2.98. The molecular formula is C16H12BrFN2O2. The highest BCUT2D eigenvalue weighted by atomic mass is 79.9. The second-order valence-electron chi connectivity index (χ2n) is 4.44. The lowest BCUT2D eigenvalue weighted by atomic mass is 10.1. The molecule has 0 saturated heterocycles. The van der Waals surface area contributed by atoms with Crippen molar-refractivity contribution in [3.05, 3.63) is 70.0 Å². The van der Waals surface area contributed by atoms with Gasteiger partial charge in [-0.2, -0.15) is 0 Å². The maximum absolute atomic E-state index is 13.3. The molecule has 0 atom stereocenters. The Morgan fingerprint density at radius 1 is 1.18 bits per heavy atom. The summed E-state index contributed by atoms with van der Waals surface area (Å²) in [5.74, 6) is -2.02. The van der Waals surface area contributed by atoms with Gasteiger partial charge in [-0.25, -0.2) is 4.39 Å². The number of anilines is 1. The van der Waals surface area contributed by atoms with Crippen LogP contribution < -0.4 is 11.1 Å². The number of benzene rings is 2. The zero-order valence-corrected chi connectivity index (χ0v) is 12.9. The molecule has 2 amide bonds. The van der Waals surface area contributed by atoms with Gasteiger partial charge in [0.2, 0.25) is 5.91 Å². The monoisotopic (exact) mass is 362 g/mol. The lowest BCUT2D eigenvalue weighted by Gasteiger charge is -2.05. The molecule has 4 nitrogen and oxygen atoms in total. The fourth-order valence-corrected chi connectivity index (χ4v) is 2.17. The molecule has 0 aliphatic carbocycles. The first-order valence-electron chi connectivity index (χ1n) is 6.29. The molecule has 0 radical (unpaired) electrons. The van der Waals surface area contributed by atoms with Crippen LogP contribution in [0.1, 0.15) is 15.9 Å². The normalized spacial score (nSPS) is 10.6. The number of hydrogen-bond acceptors (Lipinski definition) is 2. The van der Waals surface area contributed by atoms with Gasteiger partial charge in [-0.15, -0.1) is 0 Å². The van der Waals surface area contributed by atoms with Gasteiger partial charge in [0.05, 0.1) is 5.56 Å². The van der Waals surface area contributed by atoms with Gasteiger partial charge >= 0.3 is 0 Å². The average molecular weight is 363 g/mol. The fourth-order valence-electron chi connectivity index (χ4n) is 1.76. The molecule has 112 valence electrons. The van der Waals surface area contributed by atoms with Gasteiger partial charge < -0.3 is 11.1 Å². The Bertz CT molecular complexity index is 760. The van der Waals surface area contributed by atoms with Crippen molar-refractivity contribution in [2.45, 2.75) is 0 Å². The summed E-state index contributed by atoms with van der Waals surface area (Å²) in [5, 5.41) is 2.54. The van der Waals surface area contributed by atoms with Gasteiger partial charge in [-0.3, -0.25) is 9.59 Å². The first-order chi connectivity index (χ1) is 10.5. The van der Waals surface area contributed by atoms with E-state index in [0.717, 1.165) is 16.1 Å². The van der Waals surface area contributed by atoms with Crippen molar-refractivity contribution in [1.29, 1.82) is 0 Å². The Kier molecular flexibility index (Phi) is 5.06. The number of amides is 2. The van der Waals surface area contributed by atoms with Crippen LogP contribution in [-0.2, 0) is 4.79 Å². The van der Waals surface area contributed by atoms with Crippen LogP contribution in [0.2, 0.25) is 0 Å². The predicted octanol–water partition coefficient (Wildman–Crippen LogP) is 3.34. The van der Waals surface area contributed by atoms with E-state index >= 15 is 0 Å². The summed E-state index contributed by atoms with van der Waals surface area (Å²) in [5.41, 5.74) is 5.92. The van der Waals surface area contributed by atoms with Gasteiger partial charge in [-0.1, -0.05) is 28.1 Å². The lowest BCUT2D eigenvalue weighted by molar-refractivity contribution is -0.111. The Balaban J connectivity index is 2.09. The summed E-state index contributed by atoms with van der Waals surface area (Å²) < 4.78 is 14.2. The zero-order chi connectivity index (χ0) is 16.1. The third-order valence-electron chi connectivity index (χ3n) is 2.78. The Labute approximate surface area is 135 Å². The van der Waals surface area contributed by atoms with Crippen LogP contribution in [-0.4, -0.2) is 11.8 Å². The highest BCUT2D eigenvalue weighted by molar-refractivity contribution is 9.10. The average Bonchev–Trinajstić information content (AvgIpc) is 2.47. The Morgan fingerprint density at radius 3 is 2.64 bits per heavy atom. The molecule has 0 saturated carbocycles. The van der Waals surface area contributed by atoms with Crippen LogP contribution in [0.5, 0.6) is 0 Å². The van der Waals surface area contributed by atoms with Crippen LogP contribution >= 0.6 is 15.9 Å². The number of carbonyl (C=O) groups excluding carboxylic acids is 2. The zero-order valence-electron chi connectivity index (χ0n) is 11.3. The summed E-state index contributed by atoms with van der Waals surface area (Å²) >= 11 is 3.34. The molecule has 0 spiro atoms. The standard InChI is InChI=1S/C16H12BrFN2O2/c17-11-3-1-2-10(8-11)4-7-15(21)20-12-5-6-14(18)13(9-12)16(19)22/h1-9H,(H2,19,22)(H,20,21)/b7-4+. The lowest BCUT2D eigenvalue weighted by Crippen LogP contribution is -2.14. The van der Waals surface area contributed by atoms with Crippen molar-refractivity contribution in [3.63, 3.8) is 0 Å². The maximum Gasteiger partial charge on any atom is 0.251 e. The topological polar surface area (TPSA) is 72.2 Å². The smallest absolute Gasteiger partial charge is 0.251 e. The van der Waals surface area contributed by atoms with Gasteiger partial charge in [0.15, 0.2) is 0 Å². The van der Waals surface area contributed by atoms with E-state index in [2.05, 4.69) is 21.2 Å². The number of nitrogens with two attached hydrogens (primary N) is 1. The molecule has 0 unspecified atom stereocenters. The second kappa shape index (κ2) is 7.00. The van der Waals surface area contributed by atoms with Crippen LogP contribution in [0, 0.1) is 5.82 Å². The summed E-state index contributed by atoms with van der Waals surface area (Å²) in [4.78, 5) is 22.9. The van der Waals surface area contributed by atoms with Crippen molar-refractivity contribution in [2.75, 3.05) is 5.32 Å². The third-order valence-corrected chi connectivity index (χ3v) is 3.27. The van der Waals surface area contributed by atoms with E-state index in [1.54, 1.807) is 6.08 Å². The van der Waals surface area contributed by atoms with E-state index in [-0.39, 0.29) is 5.56 Å². The molecule has 2 aromatic rings. The molecule has 0 aromatic heterocycles. The summed E-state index contributed by atoms with van der Waals surface area (Å²) in [6.45, 7) is 0. The molecule has 3 N–H and O–H groups in total. The van der Waals surface area contributed by atoms with E-state index in [1.807, 2.05) is 24.3 Å². The molecule has 0 aliphatic heterocycles. The van der Waals surface area contributed by atoms with Crippen molar-refractivity contribution < 1.29 is 14.0 Å². The highest BCUT2D eigenvalue weighted by Crippen LogP contribution is 2.15. The van der Waals surface area contributed by atoms with Gasteiger partial charge in [0.25, 0.3) is 5.91 Å². The van der Waals surface area contributed by atoms with Crippen molar-refractivity contribution >= 4 is 39.5 Å². The van der Waals surface area contributed by atoms with Crippen LogP contribution in [0.15, 0.2) is 53.0 Å². The van der Waals surface area contributed by atoms with Gasteiger partial charge in [-0.05, 0) is 42.0 Å². The Hall–Kier alpha value is -2.47. The number of rotatable bonds is 4. The number of halogens is 2. The second-order valence-corrected chi connectivity index (χ2v) is 5.35. The largest absolute Gasteiger partial charge is 0.366 e. The first-order valence-corrected chi connectivity index (χ1v) is 7.09. The van der Waals surface area contributed by atoms with Crippen molar-refractivity contribution in [2.24, 2.45) is 5.73 Å². The fraction of sp³-hybridized carbons (Fsp3) is 0. The highest BCUT2D eigenvalue weighted by Gasteiger charge is 2.09. The van der Waals surface area contributed by atoms with E-state index in [4.69, 9.17) is 5.73 Å². The van der Waals surface area contributed by atoms with Crippen LogP contribution in [0.3, 0.4) is 0 Å². The third kappa shape index (κ3) is 4.26. The van der Waals surface area contributed by atoms with Crippen molar-refractivity contribution in [1.82, 2.24) is 0 Å². The molecule has 0 aliphatic rings. The van der Waals surface area contributed by atoms with Gasteiger partial charge in [0.1, 0.15) is 5.82 Å². The maximum atomic E-state index is 13.3. The van der Waals surface area contributed by atoms with Crippen LogP contribution in [0.25, 0.3) is 6.08 Å². The minimum Gasteiger partial charge on any atom is -0.366 e. The summed E-state index contributed by atoms with van der Waals surface area (Å²) in [7, 11) is 0. The quantitative estimate of drug-likeness (QED) is 0.818. The van der Waals surface area contributed by atoms with E-state index < -0.39 is 17.6 Å². The molecular weight excluding hydrogens is 351 g/mol. The minimum absolute atomic E-state index is 0.270. The predicted molar refractivity (Wildman–Crippen MR) is 86.7 cm³/mol. The number of carbonyl (C=O) groups is 2. The van der Waals surface area contributed by atoms with Crippen LogP contribution in [0.4, 0.5) is 10.1 Å². The van der Waals surface area contributed by atoms with E-state index in [1.165, 1.54) is 18.2 Å². The number of hydrogen-bond donors (Lipinski definition) is 2.